The van der Waals surface area contributed by atoms with Crippen molar-refractivity contribution in [2.75, 3.05) is 0 Å². The van der Waals surface area contributed by atoms with Crippen LogP contribution in [0, 0.1) is 17.8 Å². The molecule has 0 saturated heterocycles. The van der Waals surface area contributed by atoms with Gasteiger partial charge in [0.2, 0.25) is 0 Å². The Kier molecular flexibility index (Phi) is 5.42. The van der Waals surface area contributed by atoms with Crippen LogP contribution in [0.5, 0.6) is 0 Å². The number of hydrogen-bond donors (Lipinski definition) is 0. The zero-order valence-electron chi connectivity index (χ0n) is 17.5. The Morgan fingerprint density at radius 1 is 0.903 bits per heavy atom. The number of alkyl halides is 6. The molecule has 0 amide bonds. The minimum absolute atomic E-state index is 0.0881. The van der Waals surface area contributed by atoms with Gasteiger partial charge < -0.3 is 0 Å². The lowest BCUT2D eigenvalue weighted by atomic mass is 9.57. The first-order chi connectivity index (χ1) is 14.4. The predicted molar refractivity (Wildman–Crippen MR) is 108 cm³/mol. The minimum Gasteiger partial charge on any atom is -0.166 e. The maximum atomic E-state index is 13.2. The van der Waals surface area contributed by atoms with E-state index in [1.54, 1.807) is 6.92 Å². The lowest BCUT2D eigenvalue weighted by molar-refractivity contribution is -0.143. The van der Waals surface area contributed by atoms with Crippen molar-refractivity contribution < 1.29 is 26.3 Å². The van der Waals surface area contributed by atoms with Gasteiger partial charge in [0, 0.05) is 0 Å². The van der Waals surface area contributed by atoms with Crippen LogP contribution in [0.2, 0.25) is 0 Å². The standard InChI is InChI=1S/C25H26F6/c1-15-12-23(13-15,19-6-4-3-5-7-19)14-18-10-22(18)16(2)17-8-20(24(26,27)28)11-21(9-17)25(29,30)31/h3-9,11,15-16,18,22H,10,12-14H2,1-2H3/t15-,16-,18?,22+,23+/m1/s1. The van der Waals surface area contributed by atoms with Gasteiger partial charge >= 0.3 is 12.4 Å². The fraction of sp³-hybridized carbons (Fsp3) is 0.520. The van der Waals surface area contributed by atoms with Crippen LogP contribution >= 0.6 is 0 Å². The molecule has 0 spiro atoms. The predicted octanol–water partition coefficient (Wildman–Crippen LogP) is 8.22. The zero-order chi connectivity index (χ0) is 22.6. The van der Waals surface area contributed by atoms with Crippen LogP contribution in [0.15, 0.2) is 48.5 Å². The first kappa shape index (κ1) is 22.2. The molecule has 4 rings (SSSR count). The van der Waals surface area contributed by atoms with Gasteiger partial charge in [0.1, 0.15) is 0 Å². The Hall–Kier alpha value is -1.98. The van der Waals surface area contributed by atoms with Crippen LogP contribution in [-0.4, -0.2) is 0 Å². The third kappa shape index (κ3) is 4.49. The molecule has 2 fully saturated rings. The third-order valence-corrected chi connectivity index (χ3v) is 7.27. The summed E-state index contributed by atoms with van der Waals surface area (Å²) in [6.45, 7) is 3.98. The first-order valence-corrected chi connectivity index (χ1v) is 10.7. The Labute approximate surface area is 178 Å². The van der Waals surface area contributed by atoms with E-state index in [2.05, 4.69) is 19.1 Å². The van der Waals surface area contributed by atoms with E-state index in [0.29, 0.717) is 11.8 Å². The van der Waals surface area contributed by atoms with Crippen LogP contribution in [0.4, 0.5) is 26.3 Å². The van der Waals surface area contributed by atoms with E-state index in [1.165, 1.54) is 5.56 Å². The molecule has 168 valence electrons. The summed E-state index contributed by atoms with van der Waals surface area (Å²) in [7, 11) is 0. The molecule has 3 atom stereocenters. The van der Waals surface area contributed by atoms with Crippen molar-refractivity contribution in [1.29, 1.82) is 0 Å². The fourth-order valence-corrected chi connectivity index (χ4v) is 5.70. The van der Waals surface area contributed by atoms with E-state index in [1.807, 2.05) is 18.2 Å². The summed E-state index contributed by atoms with van der Waals surface area (Å²) < 4.78 is 79.4. The van der Waals surface area contributed by atoms with Gasteiger partial charge in [0.25, 0.3) is 0 Å². The van der Waals surface area contributed by atoms with Gasteiger partial charge in [-0.2, -0.15) is 26.3 Å². The smallest absolute Gasteiger partial charge is 0.166 e. The van der Waals surface area contributed by atoms with E-state index in [-0.39, 0.29) is 28.9 Å². The highest BCUT2D eigenvalue weighted by Gasteiger charge is 2.51. The molecule has 31 heavy (non-hydrogen) atoms. The number of benzene rings is 2. The molecule has 2 aromatic carbocycles. The van der Waals surface area contributed by atoms with Gasteiger partial charge in [-0.25, -0.2) is 0 Å². The maximum absolute atomic E-state index is 13.2. The van der Waals surface area contributed by atoms with Crippen LogP contribution < -0.4 is 0 Å². The maximum Gasteiger partial charge on any atom is 0.416 e. The normalized spacial score (nSPS) is 29.4. The highest BCUT2D eigenvalue weighted by Crippen LogP contribution is 2.59. The summed E-state index contributed by atoms with van der Waals surface area (Å²) in [6.07, 6.45) is -5.66. The highest BCUT2D eigenvalue weighted by molar-refractivity contribution is 5.36. The Morgan fingerprint density at radius 3 is 1.94 bits per heavy atom. The molecule has 2 aromatic rings. The van der Waals surface area contributed by atoms with Gasteiger partial charge in [-0.05, 0) is 84.1 Å². The third-order valence-electron chi connectivity index (χ3n) is 7.27. The van der Waals surface area contributed by atoms with Gasteiger partial charge in [0.15, 0.2) is 0 Å². The molecule has 0 N–H and O–H groups in total. The van der Waals surface area contributed by atoms with E-state index in [0.717, 1.165) is 37.8 Å². The Morgan fingerprint density at radius 2 is 1.45 bits per heavy atom. The molecule has 2 aliphatic carbocycles. The van der Waals surface area contributed by atoms with Crippen LogP contribution in [0.1, 0.15) is 67.7 Å². The topological polar surface area (TPSA) is 0 Å². The van der Waals surface area contributed by atoms with Crippen LogP contribution in [-0.2, 0) is 17.8 Å². The van der Waals surface area contributed by atoms with Crippen molar-refractivity contribution in [2.24, 2.45) is 17.8 Å². The van der Waals surface area contributed by atoms with Crippen molar-refractivity contribution in [1.82, 2.24) is 0 Å². The van der Waals surface area contributed by atoms with Crippen molar-refractivity contribution in [3.63, 3.8) is 0 Å². The lowest BCUT2D eigenvalue weighted by Crippen LogP contribution is -2.40. The van der Waals surface area contributed by atoms with E-state index in [9.17, 15) is 26.3 Å². The van der Waals surface area contributed by atoms with Gasteiger partial charge in [-0.3, -0.25) is 0 Å². The number of halogens is 6. The average molecular weight is 440 g/mol. The Bertz CT molecular complexity index is 889. The molecule has 0 radical (unpaired) electrons. The molecule has 0 aliphatic heterocycles. The second-order valence-electron chi connectivity index (χ2n) is 9.65. The van der Waals surface area contributed by atoms with E-state index in [4.69, 9.17) is 0 Å². The van der Waals surface area contributed by atoms with Crippen LogP contribution in [0.3, 0.4) is 0 Å². The lowest BCUT2D eigenvalue weighted by Gasteiger charge is -2.48. The highest BCUT2D eigenvalue weighted by atomic mass is 19.4. The molecular weight excluding hydrogens is 414 g/mol. The molecule has 2 aliphatic rings. The fourth-order valence-electron chi connectivity index (χ4n) is 5.70. The molecule has 0 aromatic heterocycles. The van der Waals surface area contributed by atoms with Crippen molar-refractivity contribution >= 4 is 0 Å². The van der Waals surface area contributed by atoms with Crippen molar-refractivity contribution in [2.45, 2.75) is 63.2 Å². The zero-order valence-corrected chi connectivity index (χ0v) is 17.5. The summed E-state index contributed by atoms with van der Waals surface area (Å²) in [5.74, 6) is 0.721. The quantitative estimate of drug-likeness (QED) is 0.411. The largest absolute Gasteiger partial charge is 0.416 e. The molecule has 1 unspecified atom stereocenters. The number of rotatable bonds is 5. The molecule has 0 bridgehead atoms. The summed E-state index contributed by atoms with van der Waals surface area (Å²) in [5, 5.41) is 0. The molecule has 0 heterocycles. The molecule has 6 heteroatoms. The first-order valence-electron chi connectivity index (χ1n) is 10.7. The monoisotopic (exact) mass is 440 g/mol. The molecule has 2 saturated carbocycles. The summed E-state index contributed by atoms with van der Waals surface area (Å²) in [4.78, 5) is 0. The van der Waals surface area contributed by atoms with Crippen molar-refractivity contribution in [3.8, 4) is 0 Å². The average Bonchev–Trinajstić information content (AvgIpc) is 3.44. The Balaban J connectivity index is 1.54. The van der Waals surface area contributed by atoms with Crippen LogP contribution in [0.25, 0.3) is 0 Å². The molecule has 0 nitrogen and oxygen atoms in total. The number of hydrogen-bond acceptors (Lipinski definition) is 0. The van der Waals surface area contributed by atoms with Gasteiger partial charge in [0.05, 0.1) is 11.1 Å². The summed E-state index contributed by atoms with van der Waals surface area (Å²) in [6, 6.07) is 12.3. The second-order valence-corrected chi connectivity index (χ2v) is 9.65. The van der Waals surface area contributed by atoms with Crippen molar-refractivity contribution in [3.05, 3.63) is 70.8 Å². The van der Waals surface area contributed by atoms with E-state index < -0.39 is 23.5 Å². The SMILES string of the molecule is C[C@H](c1cc(C(F)(F)F)cc(C(F)(F)F)c1)[C@@H]1CC1C[C@]1(c2ccccc2)C[C@@H](C)C1. The second kappa shape index (κ2) is 7.56. The minimum atomic E-state index is -4.81. The summed E-state index contributed by atoms with van der Waals surface area (Å²) >= 11 is 0. The summed E-state index contributed by atoms with van der Waals surface area (Å²) in [5.41, 5.74) is -0.940. The van der Waals surface area contributed by atoms with Gasteiger partial charge in [-0.1, -0.05) is 44.2 Å². The van der Waals surface area contributed by atoms with E-state index >= 15 is 0 Å². The van der Waals surface area contributed by atoms with Gasteiger partial charge in [-0.15, -0.1) is 0 Å². The molecular formula is C25H26F6.